The molecule has 92 valence electrons. The lowest BCUT2D eigenvalue weighted by atomic mass is 10.1. The number of imide groups is 1. The predicted molar refractivity (Wildman–Crippen MR) is 62.9 cm³/mol. The van der Waals surface area contributed by atoms with Crippen LogP contribution in [0.1, 0.15) is 20.3 Å². The fourth-order valence-electron chi connectivity index (χ4n) is 1.65. The van der Waals surface area contributed by atoms with Crippen molar-refractivity contribution in [2.75, 3.05) is 6.54 Å². The highest BCUT2D eigenvalue weighted by atomic mass is 16.2. The van der Waals surface area contributed by atoms with Gasteiger partial charge in [-0.1, -0.05) is 25.2 Å². The molecule has 1 N–H and O–H groups in total. The first kappa shape index (κ1) is 13.2. The van der Waals surface area contributed by atoms with E-state index in [0.29, 0.717) is 6.42 Å². The van der Waals surface area contributed by atoms with E-state index in [9.17, 15) is 14.4 Å². The topological polar surface area (TPSA) is 66.5 Å². The van der Waals surface area contributed by atoms with Gasteiger partial charge in [-0.3, -0.25) is 19.7 Å². The number of carbonyl (C=O) groups is 3. The number of hydrogen-bond acceptors (Lipinski definition) is 3. The number of amides is 3. The van der Waals surface area contributed by atoms with Crippen LogP contribution in [0.2, 0.25) is 0 Å². The number of nitrogens with one attached hydrogen (secondary N) is 1. The fourth-order valence-corrected chi connectivity index (χ4v) is 1.65. The zero-order chi connectivity index (χ0) is 12.8. The van der Waals surface area contributed by atoms with Crippen molar-refractivity contribution in [3.05, 3.63) is 24.3 Å². The minimum absolute atomic E-state index is 0.0662. The van der Waals surface area contributed by atoms with Gasteiger partial charge in [0.1, 0.15) is 12.6 Å². The van der Waals surface area contributed by atoms with Crippen LogP contribution in [0.3, 0.4) is 0 Å². The normalized spacial score (nSPS) is 21.3. The zero-order valence-electron chi connectivity index (χ0n) is 9.97. The van der Waals surface area contributed by atoms with Crippen LogP contribution in [-0.4, -0.2) is 35.2 Å². The van der Waals surface area contributed by atoms with Crippen LogP contribution in [0.25, 0.3) is 0 Å². The van der Waals surface area contributed by atoms with Crippen LogP contribution in [-0.2, 0) is 14.4 Å². The van der Waals surface area contributed by atoms with E-state index < -0.39 is 17.9 Å². The van der Waals surface area contributed by atoms with Crippen molar-refractivity contribution in [2.45, 2.75) is 26.3 Å². The molecule has 5 nitrogen and oxygen atoms in total. The smallest absolute Gasteiger partial charge is 0.249 e. The monoisotopic (exact) mass is 236 g/mol. The van der Waals surface area contributed by atoms with Gasteiger partial charge < -0.3 is 4.90 Å². The Balaban J connectivity index is 2.81. The molecule has 17 heavy (non-hydrogen) atoms. The molecule has 1 fully saturated rings. The molecule has 1 aliphatic heterocycles. The summed E-state index contributed by atoms with van der Waals surface area (Å²) in [6.45, 7) is 3.57. The molecule has 0 aromatic carbocycles. The first-order valence-electron chi connectivity index (χ1n) is 5.53. The number of piperazine rings is 1. The van der Waals surface area contributed by atoms with E-state index in [1.165, 1.54) is 11.0 Å². The standard InChI is InChI=1S/C12H16N2O3/c1-3-5-6-7-11(16)14-8-10(15)13-12(17)9(14)4-2/h3,5-7,9H,4,8H2,1-2H3,(H,13,15,17). The lowest BCUT2D eigenvalue weighted by Gasteiger charge is -2.32. The second kappa shape index (κ2) is 5.98. The molecule has 5 heteroatoms. The lowest BCUT2D eigenvalue weighted by Crippen LogP contribution is -2.59. The van der Waals surface area contributed by atoms with Crippen molar-refractivity contribution in [1.82, 2.24) is 10.2 Å². The molecule has 1 saturated heterocycles. The molecule has 1 heterocycles. The summed E-state index contributed by atoms with van der Waals surface area (Å²) in [5, 5.41) is 2.22. The van der Waals surface area contributed by atoms with Crippen LogP contribution in [0, 0.1) is 0 Å². The molecular formula is C12H16N2O3. The predicted octanol–water partition coefficient (Wildman–Crippen LogP) is 0.382. The third kappa shape index (κ3) is 3.27. The average Bonchev–Trinajstić information content (AvgIpc) is 2.28. The summed E-state index contributed by atoms with van der Waals surface area (Å²) in [7, 11) is 0. The van der Waals surface area contributed by atoms with Gasteiger partial charge in [-0.05, 0) is 13.3 Å². The average molecular weight is 236 g/mol. The molecule has 0 saturated carbocycles. The quantitative estimate of drug-likeness (QED) is 0.437. The third-order valence-corrected chi connectivity index (χ3v) is 2.47. The van der Waals surface area contributed by atoms with Crippen LogP contribution < -0.4 is 5.32 Å². The van der Waals surface area contributed by atoms with E-state index in [1.807, 2.05) is 6.92 Å². The van der Waals surface area contributed by atoms with Crippen LogP contribution in [0.15, 0.2) is 24.3 Å². The van der Waals surface area contributed by atoms with E-state index in [2.05, 4.69) is 5.32 Å². The van der Waals surface area contributed by atoms with Gasteiger partial charge in [0.05, 0.1) is 0 Å². The summed E-state index contributed by atoms with van der Waals surface area (Å²) in [5.74, 6) is -1.16. The third-order valence-electron chi connectivity index (χ3n) is 2.47. The van der Waals surface area contributed by atoms with E-state index in [4.69, 9.17) is 0 Å². The van der Waals surface area contributed by atoms with Crippen LogP contribution in [0.4, 0.5) is 0 Å². The van der Waals surface area contributed by atoms with Gasteiger partial charge in [-0.2, -0.15) is 0 Å². The highest BCUT2D eigenvalue weighted by molar-refractivity contribution is 6.05. The molecule has 3 amide bonds. The molecule has 0 aliphatic carbocycles. The SMILES string of the molecule is CC=CC=CC(=O)N1CC(=O)NC(=O)C1CC. The molecule has 0 bridgehead atoms. The molecule has 1 atom stereocenters. The summed E-state index contributed by atoms with van der Waals surface area (Å²) in [5.41, 5.74) is 0. The molecule has 0 aromatic rings. The lowest BCUT2D eigenvalue weighted by molar-refractivity contribution is -0.147. The van der Waals surface area contributed by atoms with Crippen molar-refractivity contribution in [2.24, 2.45) is 0 Å². The highest BCUT2D eigenvalue weighted by Crippen LogP contribution is 2.09. The van der Waals surface area contributed by atoms with Crippen LogP contribution in [0.5, 0.6) is 0 Å². The van der Waals surface area contributed by atoms with Gasteiger partial charge in [-0.25, -0.2) is 0 Å². The second-order valence-electron chi connectivity index (χ2n) is 3.69. The maximum absolute atomic E-state index is 11.8. The molecule has 1 aliphatic rings. The number of carbonyl (C=O) groups excluding carboxylic acids is 3. The number of hydrogen-bond donors (Lipinski definition) is 1. The van der Waals surface area contributed by atoms with Crippen LogP contribution >= 0.6 is 0 Å². The first-order chi connectivity index (χ1) is 8.10. The molecule has 1 unspecified atom stereocenters. The summed E-state index contributed by atoms with van der Waals surface area (Å²) in [6.07, 6.45) is 6.93. The van der Waals surface area contributed by atoms with Crippen molar-refractivity contribution in [1.29, 1.82) is 0 Å². The summed E-state index contributed by atoms with van der Waals surface area (Å²) in [4.78, 5) is 35.8. The number of nitrogens with zero attached hydrogens (tertiary/aromatic N) is 1. The zero-order valence-corrected chi connectivity index (χ0v) is 9.97. The summed E-state index contributed by atoms with van der Waals surface area (Å²) in [6, 6.07) is -0.560. The minimum atomic E-state index is -0.560. The Labute approximate surface area is 100 Å². The maximum Gasteiger partial charge on any atom is 0.249 e. The molecule has 0 aromatic heterocycles. The van der Waals surface area contributed by atoms with Gasteiger partial charge in [0.2, 0.25) is 17.7 Å². The molecule has 0 radical (unpaired) electrons. The van der Waals surface area contributed by atoms with Gasteiger partial charge >= 0.3 is 0 Å². The van der Waals surface area contributed by atoms with Gasteiger partial charge in [-0.15, -0.1) is 0 Å². The van der Waals surface area contributed by atoms with Crippen molar-refractivity contribution >= 4 is 17.7 Å². The van der Waals surface area contributed by atoms with Gasteiger partial charge in [0.15, 0.2) is 0 Å². The largest absolute Gasteiger partial charge is 0.318 e. The fraction of sp³-hybridized carbons (Fsp3) is 0.417. The number of allylic oxidation sites excluding steroid dienone is 3. The van der Waals surface area contributed by atoms with E-state index >= 15 is 0 Å². The Hall–Kier alpha value is -1.91. The van der Waals surface area contributed by atoms with Gasteiger partial charge in [0, 0.05) is 6.08 Å². The second-order valence-corrected chi connectivity index (χ2v) is 3.69. The van der Waals surface area contributed by atoms with Crippen molar-refractivity contribution in [3.63, 3.8) is 0 Å². The Kier molecular flexibility index (Phi) is 4.63. The molecule has 1 rings (SSSR count). The first-order valence-corrected chi connectivity index (χ1v) is 5.53. The Morgan fingerprint density at radius 3 is 2.76 bits per heavy atom. The Morgan fingerprint density at radius 2 is 2.18 bits per heavy atom. The number of rotatable bonds is 3. The van der Waals surface area contributed by atoms with Crippen molar-refractivity contribution in [3.8, 4) is 0 Å². The molecule has 0 spiro atoms. The van der Waals surface area contributed by atoms with E-state index in [0.717, 1.165) is 0 Å². The Bertz CT molecular complexity index is 385. The van der Waals surface area contributed by atoms with Gasteiger partial charge in [0.25, 0.3) is 0 Å². The highest BCUT2D eigenvalue weighted by Gasteiger charge is 2.34. The van der Waals surface area contributed by atoms with Crippen molar-refractivity contribution < 1.29 is 14.4 Å². The van der Waals surface area contributed by atoms with E-state index in [1.54, 1.807) is 25.2 Å². The molecular weight excluding hydrogens is 220 g/mol. The summed E-state index contributed by atoms with van der Waals surface area (Å²) >= 11 is 0. The van der Waals surface area contributed by atoms with E-state index in [-0.39, 0.29) is 12.5 Å². The minimum Gasteiger partial charge on any atom is -0.318 e. The summed E-state index contributed by atoms with van der Waals surface area (Å²) < 4.78 is 0. The maximum atomic E-state index is 11.8. The Morgan fingerprint density at radius 1 is 1.47 bits per heavy atom.